The molecule has 74 valence electrons. The van der Waals surface area contributed by atoms with Crippen molar-refractivity contribution >= 4 is 34.8 Å². The molecule has 0 amide bonds. The maximum atomic E-state index is 5.61. The highest BCUT2D eigenvalue weighted by Crippen LogP contribution is 2.32. The maximum Gasteiger partial charge on any atom is 0.190 e. The van der Waals surface area contributed by atoms with Crippen LogP contribution >= 0.6 is 34.8 Å². The van der Waals surface area contributed by atoms with Crippen molar-refractivity contribution in [3.05, 3.63) is 0 Å². The van der Waals surface area contributed by atoms with Crippen LogP contribution in [-0.2, 0) is 0 Å². The molecule has 0 fully saturated rings. The Bertz CT molecular complexity index is 105. The molecule has 0 spiro atoms. The second-order valence-electron chi connectivity index (χ2n) is 3.61. The van der Waals surface area contributed by atoms with E-state index in [9.17, 15) is 0 Å². The molecule has 0 aliphatic rings. The molecule has 0 saturated heterocycles. The fraction of sp³-hybridized carbons (Fsp3) is 1.00. The topological polar surface area (TPSA) is 0 Å². The quantitative estimate of drug-likeness (QED) is 0.463. The highest BCUT2D eigenvalue weighted by molar-refractivity contribution is 6.67. The van der Waals surface area contributed by atoms with Crippen LogP contribution in [0.2, 0.25) is 0 Å². The van der Waals surface area contributed by atoms with Crippen LogP contribution in [0.5, 0.6) is 0 Å². The van der Waals surface area contributed by atoms with E-state index in [-0.39, 0.29) is 0 Å². The summed E-state index contributed by atoms with van der Waals surface area (Å²) in [6.07, 6.45) is 5.39. The first kappa shape index (κ1) is 12.9. The Hall–Kier alpha value is 0.870. The molecule has 0 aromatic heterocycles. The van der Waals surface area contributed by atoms with Gasteiger partial charge in [0.15, 0.2) is 3.79 Å². The van der Waals surface area contributed by atoms with E-state index >= 15 is 0 Å². The van der Waals surface area contributed by atoms with Crippen LogP contribution in [0.3, 0.4) is 0 Å². The third-order valence-corrected chi connectivity index (χ3v) is 2.31. The lowest BCUT2D eigenvalue weighted by Gasteiger charge is -2.10. The normalized spacial score (nSPS) is 12.5. The molecule has 0 aliphatic carbocycles. The van der Waals surface area contributed by atoms with Gasteiger partial charge in [-0.3, -0.25) is 0 Å². The molecule has 12 heavy (non-hydrogen) atoms. The Kier molecular flexibility index (Phi) is 6.80. The van der Waals surface area contributed by atoms with Gasteiger partial charge in [0, 0.05) is 0 Å². The van der Waals surface area contributed by atoms with Gasteiger partial charge in [-0.25, -0.2) is 0 Å². The van der Waals surface area contributed by atoms with E-state index in [1.165, 1.54) is 19.3 Å². The van der Waals surface area contributed by atoms with Gasteiger partial charge in [0.2, 0.25) is 0 Å². The summed E-state index contributed by atoms with van der Waals surface area (Å²) in [7, 11) is 0. The number of halogens is 3. The van der Waals surface area contributed by atoms with E-state index in [0.29, 0.717) is 6.42 Å². The molecular formula is C9H17Cl3. The van der Waals surface area contributed by atoms with Crippen molar-refractivity contribution < 1.29 is 0 Å². The second kappa shape index (κ2) is 6.34. The zero-order valence-corrected chi connectivity index (χ0v) is 10.0. The average Bonchev–Trinajstić information content (AvgIpc) is 1.83. The Labute approximate surface area is 90.6 Å². The molecule has 0 saturated carbocycles. The van der Waals surface area contributed by atoms with Gasteiger partial charge >= 0.3 is 0 Å². The van der Waals surface area contributed by atoms with Crippen molar-refractivity contribution in [2.75, 3.05) is 0 Å². The maximum absolute atomic E-state index is 5.61. The minimum atomic E-state index is -1.04. The summed E-state index contributed by atoms with van der Waals surface area (Å²) in [6.45, 7) is 4.46. The van der Waals surface area contributed by atoms with Crippen LogP contribution in [0.4, 0.5) is 0 Å². The molecule has 0 aromatic carbocycles. The van der Waals surface area contributed by atoms with E-state index in [0.717, 1.165) is 12.3 Å². The van der Waals surface area contributed by atoms with Gasteiger partial charge < -0.3 is 0 Å². The smallest absolute Gasteiger partial charge is 0.0837 e. The molecule has 0 nitrogen and oxygen atoms in total. The van der Waals surface area contributed by atoms with Crippen LogP contribution in [0.25, 0.3) is 0 Å². The van der Waals surface area contributed by atoms with E-state index in [1.807, 2.05) is 0 Å². The van der Waals surface area contributed by atoms with Crippen molar-refractivity contribution in [2.24, 2.45) is 5.92 Å². The first-order valence-electron chi connectivity index (χ1n) is 4.48. The van der Waals surface area contributed by atoms with Gasteiger partial charge in [0.1, 0.15) is 0 Å². The molecule has 0 rings (SSSR count). The summed E-state index contributed by atoms with van der Waals surface area (Å²) in [5, 5.41) is 0. The predicted octanol–water partition coefficient (Wildman–Crippen LogP) is 4.96. The lowest BCUT2D eigenvalue weighted by molar-refractivity contribution is 0.521. The van der Waals surface area contributed by atoms with Crippen LogP contribution in [0, 0.1) is 5.92 Å². The molecule has 0 N–H and O–H groups in total. The Morgan fingerprint density at radius 3 is 2.00 bits per heavy atom. The standard InChI is InChI=1S/C9H17Cl3/c1-8(2)6-4-3-5-7-9(10,11)12/h8H,3-7H2,1-2H3. The molecule has 0 aromatic rings. The summed E-state index contributed by atoms with van der Waals surface area (Å²) in [6, 6.07) is 0. The van der Waals surface area contributed by atoms with Crippen molar-refractivity contribution in [3.8, 4) is 0 Å². The zero-order valence-electron chi connectivity index (χ0n) is 7.75. The van der Waals surface area contributed by atoms with Gasteiger partial charge in [-0.1, -0.05) is 67.9 Å². The van der Waals surface area contributed by atoms with Crippen molar-refractivity contribution in [1.29, 1.82) is 0 Å². The number of rotatable bonds is 5. The summed E-state index contributed by atoms with van der Waals surface area (Å²) in [5.74, 6) is 0.790. The SMILES string of the molecule is CC(C)CCCCCC(Cl)(Cl)Cl. The van der Waals surface area contributed by atoms with E-state index in [2.05, 4.69) is 13.8 Å². The minimum absolute atomic E-state index is 0.676. The van der Waals surface area contributed by atoms with Gasteiger partial charge in [-0.2, -0.15) is 0 Å². The summed E-state index contributed by atoms with van der Waals surface area (Å²) in [5.41, 5.74) is 0. The fourth-order valence-electron chi connectivity index (χ4n) is 1.05. The van der Waals surface area contributed by atoms with E-state index in [1.54, 1.807) is 0 Å². The molecule has 0 heterocycles. The van der Waals surface area contributed by atoms with Crippen molar-refractivity contribution in [1.82, 2.24) is 0 Å². The van der Waals surface area contributed by atoms with Gasteiger partial charge in [0.25, 0.3) is 0 Å². The first-order chi connectivity index (χ1) is 5.42. The van der Waals surface area contributed by atoms with Crippen LogP contribution in [0.1, 0.15) is 46.0 Å². The molecule has 0 unspecified atom stereocenters. The Morgan fingerprint density at radius 1 is 1.00 bits per heavy atom. The number of hydrogen-bond donors (Lipinski definition) is 0. The largest absolute Gasteiger partial charge is 0.190 e. The van der Waals surface area contributed by atoms with Crippen LogP contribution < -0.4 is 0 Å². The van der Waals surface area contributed by atoms with Gasteiger partial charge in [-0.15, -0.1) is 0 Å². The van der Waals surface area contributed by atoms with E-state index < -0.39 is 3.79 Å². The molecule has 0 bridgehead atoms. The molecular weight excluding hydrogens is 214 g/mol. The number of alkyl halides is 3. The second-order valence-corrected chi connectivity index (χ2v) is 6.12. The summed E-state index contributed by atoms with van der Waals surface area (Å²) < 4.78 is -1.04. The Balaban J connectivity index is 3.12. The highest BCUT2D eigenvalue weighted by Gasteiger charge is 2.17. The third-order valence-electron chi connectivity index (χ3n) is 1.74. The highest BCUT2D eigenvalue weighted by atomic mass is 35.6. The van der Waals surface area contributed by atoms with E-state index in [4.69, 9.17) is 34.8 Å². The molecule has 0 aliphatic heterocycles. The third kappa shape index (κ3) is 10.9. The molecule has 0 radical (unpaired) electrons. The van der Waals surface area contributed by atoms with Crippen molar-refractivity contribution in [2.45, 2.75) is 49.7 Å². The zero-order chi connectivity index (χ0) is 9.61. The van der Waals surface area contributed by atoms with Crippen molar-refractivity contribution in [3.63, 3.8) is 0 Å². The number of hydrogen-bond acceptors (Lipinski definition) is 0. The predicted molar refractivity (Wildman–Crippen MR) is 58.2 cm³/mol. The van der Waals surface area contributed by atoms with Gasteiger partial charge in [0.05, 0.1) is 0 Å². The molecule has 0 atom stereocenters. The minimum Gasteiger partial charge on any atom is -0.0837 e. The summed E-state index contributed by atoms with van der Waals surface area (Å²) >= 11 is 16.8. The lowest BCUT2D eigenvalue weighted by Crippen LogP contribution is -2.00. The monoisotopic (exact) mass is 230 g/mol. The van der Waals surface area contributed by atoms with Crippen LogP contribution in [0.15, 0.2) is 0 Å². The first-order valence-corrected chi connectivity index (χ1v) is 5.62. The lowest BCUT2D eigenvalue weighted by atomic mass is 10.0. The van der Waals surface area contributed by atoms with Gasteiger partial charge in [-0.05, 0) is 18.8 Å². The Morgan fingerprint density at radius 2 is 1.58 bits per heavy atom. The average molecular weight is 232 g/mol. The fourth-order valence-corrected chi connectivity index (χ4v) is 1.46. The molecule has 3 heteroatoms. The van der Waals surface area contributed by atoms with Crippen LogP contribution in [-0.4, -0.2) is 3.79 Å². The number of unbranched alkanes of at least 4 members (excludes halogenated alkanes) is 2. The summed E-state index contributed by atoms with van der Waals surface area (Å²) in [4.78, 5) is 0.